The van der Waals surface area contributed by atoms with Gasteiger partial charge in [-0.3, -0.25) is 14.7 Å². The molecule has 0 bridgehead atoms. The number of aryl methyl sites for hydroxylation is 2. The molecule has 146 valence electrons. The summed E-state index contributed by atoms with van der Waals surface area (Å²) in [7, 11) is -3.69. The molecule has 0 saturated carbocycles. The molecule has 0 fully saturated rings. The van der Waals surface area contributed by atoms with E-state index >= 15 is 0 Å². The summed E-state index contributed by atoms with van der Waals surface area (Å²) in [5.41, 5.74) is 2.71. The van der Waals surface area contributed by atoms with Gasteiger partial charge in [-0.05, 0) is 38.0 Å². The predicted molar refractivity (Wildman–Crippen MR) is 101 cm³/mol. The zero-order valence-corrected chi connectivity index (χ0v) is 16.4. The van der Waals surface area contributed by atoms with E-state index in [-0.39, 0.29) is 29.6 Å². The molecular formula is C18H24N4O4S. The first-order chi connectivity index (χ1) is 12.7. The monoisotopic (exact) mass is 392 g/mol. The van der Waals surface area contributed by atoms with Crippen molar-refractivity contribution in [3.05, 3.63) is 46.8 Å². The van der Waals surface area contributed by atoms with Crippen LogP contribution in [0, 0.1) is 13.8 Å². The molecule has 1 aromatic carbocycles. The highest BCUT2D eigenvalue weighted by molar-refractivity contribution is 7.89. The van der Waals surface area contributed by atoms with Crippen molar-refractivity contribution in [2.75, 3.05) is 13.1 Å². The first kappa shape index (κ1) is 20.8. The largest absolute Gasteiger partial charge is 0.356 e. The third-order valence-corrected chi connectivity index (χ3v) is 5.55. The fourth-order valence-corrected chi connectivity index (χ4v) is 3.72. The molecule has 0 aliphatic rings. The second-order valence-electron chi connectivity index (χ2n) is 6.26. The van der Waals surface area contributed by atoms with E-state index in [1.807, 2.05) is 0 Å². The number of hydrogen-bond donors (Lipinski definition) is 3. The summed E-state index contributed by atoms with van der Waals surface area (Å²) < 4.78 is 27.1. The zero-order valence-electron chi connectivity index (χ0n) is 15.6. The van der Waals surface area contributed by atoms with Crippen LogP contribution in [-0.4, -0.2) is 43.4 Å². The molecule has 27 heavy (non-hydrogen) atoms. The maximum atomic E-state index is 12.4. The van der Waals surface area contributed by atoms with Gasteiger partial charge in [0, 0.05) is 32.1 Å². The fourth-order valence-electron chi connectivity index (χ4n) is 2.69. The lowest BCUT2D eigenvalue weighted by molar-refractivity contribution is -0.118. The number of carbonyl (C=O) groups is 2. The van der Waals surface area contributed by atoms with E-state index in [9.17, 15) is 18.0 Å². The molecule has 1 heterocycles. The van der Waals surface area contributed by atoms with Crippen molar-refractivity contribution in [3.8, 4) is 0 Å². The Balaban J connectivity index is 1.90. The Morgan fingerprint density at radius 1 is 1.11 bits per heavy atom. The van der Waals surface area contributed by atoms with Gasteiger partial charge in [0.2, 0.25) is 15.9 Å². The molecule has 0 saturated heterocycles. The van der Waals surface area contributed by atoms with E-state index in [1.165, 1.54) is 19.1 Å². The number of H-pyrrole nitrogens is 1. The minimum Gasteiger partial charge on any atom is -0.356 e. The third kappa shape index (κ3) is 5.73. The smallest absolute Gasteiger partial charge is 0.240 e. The van der Waals surface area contributed by atoms with Crippen LogP contribution in [0.4, 0.5) is 0 Å². The maximum absolute atomic E-state index is 12.4. The van der Waals surface area contributed by atoms with Crippen molar-refractivity contribution in [2.24, 2.45) is 0 Å². The van der Waals surface area contributed by atoms with Crippen molar-refractivity contribution in [1.29, 1.82) is 0 Å². The van der Waals surface area contributed by atoms with Gasteiger partial charge in [-0.1, -0.05) is 12.1 Å². The van der Waals surface area contributed by atoms with Crippen LogP contribution >= 0.6 is 0 Å². The number of nitrogens with zero attached hydrogens (tertiary/aromatic N) is 1. The summed E-state index contributed by atoms with van der Waals surface area (Å²) in [6.07, 6.45) is 0.667. The average molecular weight is 392 g/mol. The number of aromatic nitrogens is 2. The first-order valence-electron chi connectivity index (χ1n) is 8.58. The Kier molecular flexibility index (Phi) is 6.86. The van der Waals surface area contributed by atoms with Crippen LogP contribution in [0.2, 0.25) is 0 Å². The van der Waals surface area contributed by atoms with Crippen molar-refractivity contribution >= 4 is 21.7 Å². The van der Waals surface area contributed by atoms with E-state index in [2.05, 4.69) is 20.2 Å². The van der Waals surface area contributed by atoms with Crippen LogP contribution in [-0.2, 0) is 21.2 Å². The Morgan fingerprint density at radius 3 is 2.33 bits per heavy atom. The number of rotatable bonds is 9. The van der Waals surface area contributed by atoms with E-state index in [0.29, 0.717) is 29.9 Å². The van der Waals surface area contributed by atoms with Gasteiger partial charge in [0.25, 0.3) is 0 Å². The van der Waals surface area contributed by atoms with Gasteiger partial charge >= 0.3 is 0 Å². The normalized spacial score (nSPS) is 11.4. The van der Waals surface area contributed by atoms with Crippen LogP contribution in [0.15, 0.2) is 29.2 Å². The molecule has 0 atom stereocenters. The molecule has 1 aromatic heterocycles. The van der Waals surface area contributed by atoms with Gasteiger partial charge in [0.15, 0.2) is 5.78 Å². The lowest BCUT2D eigenvalue weighted by atomic mass is 10.1. The van der Waals surface area contributed by atoms with Gasteiger partial charge in [0.1, 0.15) is 0 Å². The fraction of sp³-hybridized carbons (Fsp3) is 0.389. The van der Waals surface area contributed by atoms with E-state index in [4.69, 9.17) is 0 Å². The Labute approximate surface area is 158 Å². The second kappa shape index (κ2) is 8.92. The van der Waals surface area contributed by atoms with Crippen molar-refractivity contribution in [2.45, 2.75) is 38.5 Å². The summed E-state index contributed by atoms with van der Waals surface area (Å²) in [6.45, 7) is 5.44. The Morgan fingerprint density at radius 2 is 1.78 bits per heavy atom. The van der Waals surface area contributed by atoms with Crippen molar-refractivity contribution in [3.63, 3.8) is 0 Å². The summed E-state index contributed by atoms with van der Waals surface area (Å²) >= 11 is 0. The highest BCUT2D eigenvalue weighted by Crippen LogP contribution is 2.13. The number of benzene rings is 1. The van der Waals surface area contributed by atoms with Crippen molar-refractivity contribution < 1.29 is 18.0 Å². The molecule has 0 unspecified atom stereocenters. The van der Waals surface area contributed by atoms with Crippen LogP contribution < -0.4 is 10.0 Å². The quantitative estimate of drug-likeness (QED) is 0.555. The van der Waals surface area contributed by atoms with Gasteiger partial charge in [0.05, 0.1) is 16.2 Å². The minimum absolute atomic E-state index is 0.00943. The molecule has 0 spiro atoms. The van der Waals surface area contributed by atoms with Crippen LogP contribution in [0.5, 0.6) is 0 Å². The van der Waals surface area contributed by atoms with Gasteiger partial charge in [-0.25, -0.2) is 13.1 Å². The highest BCUT2D eigenvalue weighted by atomic mass is 32.2. The molecule has 9 heteroatoms. The number of carbonyl (C=O) groups excluding carboxylic acids is 2. The second-order valence-corrected chi connectivity index (χ2v) is 8.02. The molecular weight excluding hydrogens is 368 g/mol. The molecule has 2 aromatic rings. The molecule has 0 radical (unpaired) electrons. The third-order valence-electron chi connectivity index (χ3n) is 4.07. The Hall–Kier alpha value is -2.52. The van der Waals surface area contributed by atoms with Crippen molar-refractivity contribution in [1.82, 2.24) is 20.2 Å². The lowest BCUT2D eigenvalue weighted by Crippen LogP contribution is -2.26. The van der Waals surface area contributed by atoms with Gasteiger partial charge in [-0.15, -0.1) is 0 Å². The van der Waals surface area contributed by atoms with Gasteiger partial charge in [-0.2, -0.15) is 5.10 Å². The Bertz CT molecular complexity index is 898. The van der Waals surface area contributed by atoms with E-state index in [0.717, 1.165) is 5.56 Å². The number of hydrogen-bond acceptors (Lipinski definition) is 5. The van der Waals surface area contributed by atoms with Gasteiger partial charge < -0.3 is 5.32 Å². The molecule has 8 nitrogen and oxygen atoms in total. The standard InChI is InChI=1S/C18H24N4O4S/c1-12-18(13(2)22-21-12)17(24)9-11-20-27(25,26)16-6-4-15(5-7-16)8-10-19-14(3)23/h4-7,20H,8-11H2,1-3H3,(H,19,23)(H,21,22). The molecule has 3 N–H and O–H groups in total. The maximum Gasteiger partial charge on any atom is 0.240 e. The average Bonchev–Trinajstić information content (AvgIpc) is 2.93. The summed E-state index contributed by atoms with van der Waals surface area (Å²) in [6, 6.07) is 6.44. The zero-order chi connectivity index (χ0) is 20.0. The number of amides is 1. The molecule has 0 aliphatic carbocycles. The van der Waals surface area contributed by atoms with E-state index < -0.39 is 10.0 Å². The first-order valence-corrected chi connectivity index (χ1v) is 10.1. The number of ketones is 1. The predicted octanol–water partition coefficient (Wildman–Crippen LogP) is 1.26. The topological polar surface area (TPSA) is 121 Å². The molecule has 0 aliphatic heterocycles. The lowest BCUT2D eigenvalue weighted by Gasteiger charge is -2.08. The van der Waals surface area contributed by atoms with E-state index in [1.54, 1.807) is 26.0 Å². The van der Waals surface area contributed by atoms with Crippen LogP contribution in [0.3, 0.4) is 0 Å². The molecule has 1 amide bonds. The summed E-state index contributed by atoms with van der Waals surface area (Å²) in [5, 5.41) is 9.41. The minimum atomic E-state index is -3.69. The number of aromatic amines is 1. The number of sulfonamides is 1. The molecule has 2 rings (SSSR count). The summed E-state index contributed by atoms with van der Waals surface area (Å²) in [4.78, 5) is 23.2. The van der Waals surface area contributed by atoms with Crippen LogP contribution in [0.1, 0.15) is 40.7 Å². The highest BCUT2D eigenvalue weighted by Gasteiger charge is 2.17. The number of nitrogens with one attached hydrogen (secondary N) is 3. The number of Topliss-reactive ketones (excluding diaryl/α,β-unsaturated/α-hetero) is 1. The summed E-state index contributed by atoms with van der Waals surface area (Å²) in [5.74, 6) is -0.261. The van der Waals surface area contributed by atoms with Crippen LogP contribution in [0.25, 0.3) is 0 Å². The SMILES string of the molecule is CC(=O)NCCc1ccc(S(=O)(=O)NCCC(=O)c2c(C)n[nH]c2C)cc1.